The lowest BCUT2D eigenvalue weighted by atomic mass is 10.2. The van der Waals surface area contributed by atoms with Gasteiger partial charge in [0.15, 0.2) is 9.84 Å². The molecule has 1 aromatic rings. The molecule has 18 heavy (non-hydrogen) atoms. The molecule has 1 atom stereocenters. The zero-order valence-corrected chi connectivity index (χ0v) is 10.8. The summed E-state index contributed by atoms with van der Waals surface area (Å²) in [4.78, 5) is 12.0. The van der Waals surface area contributed by atoms with Crippen molar-refractivity contribution in [2.45, 2.75) is 12.5 Å². The minimum Gasteiger partial charge on any atom is -0.371 e. The topological polar surface area (TPSA) is 80.5 Å². The number of nitro benzene ring substituents is 1. The zero-order chi connectivity index (χ0) is 13.3. The van der Waals surface area contributed by atoms with Gasteiger partial charge in [0, 0.05) is 30.9 Å². The summed E-state index contributed by atoms with van der Waals surface area (Å²) < 4.78 is 22.8. The molecule has 98 valence electrons. The molecule has 0 spiro atoms. The van der Waals surface area contributed by atoms with Crippen molar-refractivity contribution in [3.63, 3.8) is 0 Å². The van der Waals surface area contributed by atoms with Gasteiger partial charge in [0.1, 0.15) is 0 Å². The zero-order valence-electron chi connectivity index (χ0n) is 9.94. The van der Waals surface area contributed by atoms with Crippen LogP contribution in [0.25, 0.3) is 0 Å². The Hall–Kier alpha value is -1.63. The Labute approximate surface area is 105 Å². The van der Waals surface area contributed by atoms with E-state index in [1.807, 2.05) is 11.9 Å². The number of rotatable bonds is 3. The molecule has 0 aromatic heterocycles. The molecule has 1 aliphatic heterocycles. The molecular weight excluding hydrogens is 256 g/mol. The molecule has 0 N–H and O–H groups in total. The lowest BCUT2D eigenvalue weighted by molar-refractivity contribution is -0.384. The highest BCUT2D eigenvalue weighted by Gasteiger charge is 2.30. The molecule has 1 aromatic carbocycles. The summed E-state index contributed by atoms with van der Waals surface area (Å²) in [5.74, 6) is 0.371. The molecule has 0 radical (unpaired) electrons. The second-order valence-corrected chi connectivity index (χ2v) is 6.67. The molecule has 1 fully saturated rings. The van der Waals surface area contributed by atoms with Crippen LogP contribution in [0.3, 0.4) is 0 Å². The molecule has 1 aliphatic rings. The summed E-state index contributed by atoms with van der Waals surface area (Å²) in [6.07, 6.45) is 0.607. The van der Waals surface area contributed by atoms with Gasteiger partial charge >= 0.3 is 0 Å². The van der Waals surface area contributed by atoms with Crippen LogP contribution >= 0.6 is 0 Å². The predicted molar refractivity (Wildman–Crippen MR) is 68.6 cm³/mol. The van der Waals surface area contributed by atoms with E-state index in [-0.39, 0.29) is 23.2 Å². The molecule has 1 unspecified atom stereocenters. The summed E-state index contributed by atoms with van der Waals surface area (Å²) in [6, 6.07) is 6.09. The molecular formula is C11H14N2O4S. The number of hydrogen-bond acceptors (Lipinski definition) is 5. The second-order valence-electron chi connectivity index (χ2n) is 4.44. The van der Waals surface area contributed by atoms with E-state index >= 15 is 0 Å². The highest BCUT2D eigenvalue weighted by molar-refractivity contribution is 7.91. The van der Waals surface area contributed by atoms with E-state index < -0.39 is 14.8 Å². The van der Waals surface area contributed by atoms with Gasteiger partial charge in [-0.25, -0.2) is 8.42 Å². The van der Waals surface area contributed by atoms with Crippen LogP contribution in [0, 0.1) is 10.1 Å². The Balaban J connectivity index is 2.14. The van der Waals surface area contributed by atoms with Crippen molar-refractivity contribution in [2.75, 3.05) is 23.5 Å². The van der Waals surface area contributed by atoms with Crippen LogP contribution in [-0.2, 0) is 9.84 Å². The van der Waals surface area contributed by atoms with Crippen LogP contribution in [0.2, 0.25) is 0 Å². The minimum absolute atomic E-state index is 0.0335. The van der Waals surface area contributed by atoms with Gasteiger partial charge in [0.25, 0.3) is 5.69 Å². The average molecular weight is 270 g/mol. The van der Waals surface area contributed by atoms with Crippen molar-refractivity contribution in [1.82, 2.24) is 0 Å². The Morgan fingerprint density at radius 3 is 2.39 bits per heavy atom. The smallest absolute Gasteiger partial charge is 0.269 e. The first-order chi connectivity index (χ1) is 8.39. The summed E-state index contributed by atoms with van der Waals surface area (Å²) in [5.41, 5.74) is 0.828. The maximum absolute atomic E-state index is 11.4. The maximum Gasteiger partial charge on any atom is 0.269 e. The van der Waals surface area contributed by atoms with Crippen LogP contribution in [0.1, 0.15) is 6.42 Å². The average Bonchev–Trinajstić information content (AvgIpc) is 2.69. The van der Waals surface area contributed by atoms with Gasteiger partial charge in [-0.05, 0) is 18.6 Å². The lowest BCUT2D eigenvalue weighted by Crippen LogP contribution is -2.32. The number of non-ortho nitro benzene ring substituents is 1. The first-order valence-corrected chi connectivity index (χ1v) is 7.39. The van der Waals surface area contributed by atoms with Gasteiger partial charge in [-0.3, -0.25) is 10.1 Å². The molecule has 1 heterocycles. The monoisotopic (exact) mass is 270 g/mol. The summed E-state index contributed by atoms with van der Waals surface area (Å²) in [5, 5.41) is 10.5. The third kappa shape index (κ3) is 2.61. The SMILES string of the molecule is CN(c1ccc([N+](=O)[O-])cc1)C1CCS(=O)(=O)C1. The van der Waals surface area contributed by atoms with E-state index in [0.717, 1.165) is 5.69 Å². The lowest BCUT2D eigenvalue weighted by Gasteiger charge is -2.25. The second kappa shape index (κ2) is 4.56. The van der Waals surface area contributed by atoms with Crippen LogP contribution in [0.4, 0.5) is 11.4 Å². The number of benzene rings is 1. The predicted octanol–water partition coefficient (Wildman–Crippen LogP) is 1.22. The van der Waals surface area contributed by atoms with E-state index in [2.05, 4.69) is 0 Å². The normalized spacial score (nSPS) is 21.7. The fraction of sp³-hybridized carbons (Fsp3) is 0.455. The third-order valence-corrected chi connectivity index (χ3v) is 4.97. The molecule has 1 saturated heterocycles. The van der Waals surface area contributed by atoms with E-state index in [9.17, 15) is 18.5 Å². The highest BCUT2D eigenvalue weighted by atomic mass is 32.2. The van der Waals surface area contributed by atoms with Gasteiger partial charge in [-0.15, -0.1) is 0 Å². The molecule has 0 bridgehead atoms. The first kappa shape index (κ1) is 12.8. The quantitative estimate of drug-likeness (QED) is 0.609. The fourth-order valence-corrected chi connectivity index (χ4v) is 3.88. The Morgan fingerprint density at radius 1 is 1.33 bits per heavy atom. The largest absolute Gasteiger partial charge is 0.371 e. The molecule has 0 saturated carbocycles. The minimum atomic E-state index is -2.92. The number of nitrogens with zero attached hydrogens (tertiary/aromatic N) is 2. The van der Waals surface area contributed by atoms with Crippen LogP contribution in [0.5, 0.6) is 0 Å². The van der Waals surface area contributed by atoms with Gasteiger partial charge in [0.05, 0.1) is 16.4 Å². The Bertz CT molecular complexity index is 553. The van der Waals surface area contributed by atoms with Crippen molar-refractivity contribution < 1.29 is 13.3 Å². The molecule has 6 nitrogen and oxygen atoms in total. The van der Waals surface area contributed by atoms with Crippen LogP contribution in [0.15, 0.2) is 24.3 Å². The Morgan fingerprint density at radius 2 is 1.94 bits per heavy atom. The van der Waals surface area contributed by atoms with Gasteiger partial charge in [-0.2, -0.15) is 0 Å². The van der Waals surface area contributed by atoms with Crippen LogP contribution in [-0.4, -0.2) is 37.9 Å². The van der Waals surface area contributed by atoms with Crippen molar-refractivity contribution in [3.05, 3.63) is 34.4 Å². The van der Waals surface area contributed by atoms with Gasteiger partial charge < -0.3 is 4.90 Å². The number of nitro groups is 1. The van der Waals surface area contributed by atoms with E-state index in [4.69, 9.17) is 0 Å². The van der Waals surface area contributed by atoms with Crippen molar-refractivity contribution >= 4 is 21.2 Å². The maximum atomic E-state index is 11.4. The van der Waals surface area contributed by atoms with E-state index in [1.165, 1.54) is 12.1 Å². The molecule has 0 amide bonds. The number of sulfone groups is 1. The molecule has 0 aliphatic carbocycles. The summed E-state index contributed by atoms with van der Waals surface area (Å²) in [7, 11) is -1.11. The summed E-state index contributed by atoms with van der Waals surface area (Å²) >= 11 is 0. The van der Waals surface area contributed by atoms with Crippen LogP contribution < -0.4 is 4.90 Å². The van der Waals surface area contributed by atoms with Crippen molar-refractivity contribution in [2.24, 2.45) is 0 Å². The van der Waals surface area contributed by atoms with Gasteiger partial charge in [-0.1, -0.05) is 0 Å². The van der Waals surface area contributed by atoms with Crippen molar-refractivity contribution in [1.29, 1.82) is 0 Å². The van der Waals surface area contributed by atoms with Gasteiger partial charge in [0.2, 0.25) is 0 Å². The molecule has 7 heteroatoms. The van der Waals surface area contributed by atoms with E-state index in [0.29, 0.717) is 6.42 Å². The number of anilines is 1. The standard InChI is InChI=1S/C11H14N2O4S/c1-12(11-6-7-18(16,17)8-11)9-2-4-10(5-3-9)13(14)15/h2-5,11H,6-8H2,1H3. The fourth-order valence-electron chi connectivity index (χ4n) is 2.10. The molecule has 2 rings (SSSR count). The third-order valence-electron chi connectivity index (χ3n) is 3.22. The van der Waals surface area contributed by atoms with Crippen molar-refractivity contribution in [3.8, 4) is 0 Å². The highest BCUT2D eigenvalue weighted by Crippen LogP contribution is 2.24. The first-order valence-electron chi connectivity index (χ1n) is 5.57. The Kier molecular flexibility index (Phi) is 3.25. The van der Waals surface area contributed by atoms with E-state index in [1.54, 1.807) is 12.1 Å². The summed E-state index contributed by atoms with van der Waals surface area (Å²) in [6.45, 7) is 0. The number of hydrogen-bond donors (Lipinski definition) is 0.